The number of hydrogen-bond acceptors (Lipinski definition) is 3. The van der Waals surface area contributed by atoms with E-state index >= 15 is 0 Å². The van der Waals surface area contributed by atoms with E-state index in [0.717, 1.165) is 12.2 Å². The summed E-state index contributed by atoms with van der Waals surface area (Å²) in [5, 5.41) is 0.311. The van der Waals surface area contributed by atoms with Crippen LogP contribution in [-0.2, 0) is 6.42 Å². The van der Waals surface area contributed by atoms with Gasteiger partial charge in [-0.15, -0.1) is 0 Å². The summed E-state index contributed by atoms with van der Waals surface area (Å²) in [5.74, 6) is 1.02. The fourth-order valence-corrected chi connectivity index (χ4v) is 1.89. The molecule has 0 aliphatic rings. The molecule has 1 aromatic rings. The Kier molecular flexibility index (Phi) is 5.04. The number of aromatic nitrogens is 2. The quantitative estimate of drug-likeness (QED) is 0.761. The summed E-state index contributed by atoms with van der Waals surface area (Å²) >= 11 is 1.74. The normalized spacial score (nSPS) is 13.1. The van der Waals surface area contributed by atoms with E-state index in [1.54, 1.807) is 11.8 Å². The highest BCUT2D eigenvalue weighted by Gasteiger charge is 2.11. The highest BCUT2D eigenvalue weighted by atomic mass is 32.2. The molecule has 0 fully saturated rings. The van der Waals surface area contributed by atoms with Crippen LogP contribution in [0.25, 0.3) is 0 Å². The Morgan fingerprint density at radius 2 is 2.43 bits per heavy atom. The molecule has 0 saturated heterocycles. The van der Waals surface area contributed by atoms with Gasteiger partial charge in [-0.3, -0.25) is 0 Å². The van der Waals surface area contributed by atoms with Crippen molar-refractivity contribution in [1.29, 1.82) is 0 Å². The van der Waals surface area contributed by atoms with Crippen LogP contribution < -0.4 is 5.73 Å². The molecular formula is C10H19N3S. The molecule has 0 radical (unpaired) electrons. The van der Waals surface area contributed by atoms with E-state index in [-0.39, 0.29) is 0 Å². The van der Waals surface area contributed by atoms with Crippen molar-refractivity contribution in [2.75, 3.05) is 12.8 Å². The standard InChI is InChI=1S/C10H19N3S/c1-3-4-5-8-7-12-10(13-8)9(6-11)14-2/h7,9H,3-6,11H2,1-2H3,(H,12,13). The van der Waals surface area contributed by atoms with Crippen LogP contribution in [0.5, 0.6) is 0 Å². The van der Waals surface area contributed by atoms with Gasteiger partial charge in [-0.1, -0.05) is 13.3 Å². The van der Waals surface area contributed by atoms with Crippen LogP contribution in [-0.4, -0.2) is 22.8 Å². The van der Waals surface area contributed by atoms with Crippen LogP contribution in [0.4, 0.5) is 0 Å². The minimum Gasteiger partial charge on any atom is -0.345 e. The Morgan fingerprint density at radius 1 is 1.64 bits per heavy atom. The number of unbranched alkanes of at least 4 members (excludes halogenated alkanes) is 1. The molecule has 1 unspecified atom stereocenters. The largest absolute Gasteiger partial charge is 0.345 e. The van der Waals surface area contributed by atoms with Crippen molar-refractivity contribution in [3.05, 3.63) is 17.7 Å². The Morgan fingerprint density at radius 3 is 3.00 bits per heavy atom. The molecule has 3 N–H and O–H groups in total. The van der Waals surface area contributed by atoms with Crippen LogP contribution in [0.2, 0.25) is 0 Å². The minimum atomic E-state index is 0.311. The highest BCUT2D eigenvalue weighted by molar-refractivity contribution is 7.98. The summed E-state index contributed by atoms with van der Waals surface area (Å²) < 4.78 is 0. The molecular weight excluding hydrogens is 194 g/mol. The zero-order valence-electron chi connectivity index (χ0n) is 8.92. The molecule has 0 saturated carbocycles. The first-order chi connectivity index (χ1) is 6.81. The summed E-state index contributed by atoms with van der Waals surface area (Å²) in [6.45, 7) is 2.84. The summed E-state index contributed by atoms with van der Waals surface area (Å²) in [6.07, 6.45) is 7.52. The van der Waals surface area contributed by atoms with Gasteiger partial charge in [0, 0.05) is 18.4 Å². The lowest BCUT2D eigenvalue weighted by atomic mass is 10.2. The first kappa shape index (κ1) is 11.6. The van der Waals surface area contributed by atoms with E-state index in [2.05, 4.69) is 23.1 Å². The second-order valence-corrected chi connectivity index (χ2v) is 4.40. The Hall–Kier alpha value is -0.480. The van der Waals surface area contributed by atoms with Crippen molar-refractivity contribution in [3.8, 4) is 0 Å². The van der Waals surface area contributed by atoms with Gasteiger partial charge in [-0.05, 0) is 19.1 Å². The molecule has 1 aromatic heterocycles. The number of nitrogens with one attached hydrogen (secondary N) is 1. The average Bonchev–Trinajstić information content (AvgIpc) is 2.65. The van der Waals surface area contributed by atoms with Crippen LogP contribution >= 0.6 is 11.8 Å². The molecule has 1 rings (SSSR count). The van der Waals surface area contributed by atoms with Crippen molar-refractivity contribution in [2.45, 2.75) is 31.4 Å². The van der Waals surface area contributed by atoms with Crippen molar-refractivity contribution in [3.63, 3.8) is 0 Å². The maximum Gasteiger partial charge on any atom is 0.120 e. The maximum atomic E-state index is 5.64. The number of nitrogens with two attached hydrogens (primary N) is 1. The van der Waals surface area contributed by atoms with E-state index in [9.17, 15) is 0 Å². The van der Waals surface area contributed by atoms with Gasteiger partial charge in [0.25, 0.3) is 0 Å². The summed E-state index contributed by atoms with van der Waals surface area (Å²) in [4.78, 5) is 7.69. The lowest BCUT2D eigenvalue weighted by molar-refractivity contribution is 0.774. The van der Waals surface area contributed by atoms with E-state index < -0.39 is 0 Å². The Bertz CT molecular complexity index is 256. The number of hydrogen-bond donors (Lipinski definition) is 2. The van der Waals surface area contributed by atoms with Crippen molar-refractivity contribution in [1.82, 2.24) is 9.97 Å². The number of H-pyrrole nitrogens is 1. The zero-order chi connectivity index (χ0) is 10.4. The molecule has 1 atom stereocenters. The number of aryl methyl sites for hydroxylation is 1. The first-order valence-electron chi connectivity index (χ1n) is 5.08. The first-order valence-corrected chi connectivity index (χ1v) is 6.37. The molecule has 0 spiro atoms. The molecule has 0 aliphatic heterocycles. The van der Waals surface area contributed by atoms with E-state index in [0.29, 0.717) is 11.8 Å². The maximum absolute atomic E-state index is 5.64. The van der Waals surface area contributed by atoms with Gasteiger partial charge in [0.15, 0.2) is 0 Å². The molecule has 3 nitrogen and oxygen atoms in total. The van der Waals surface area contributed by atoms with Gasteiger partial charge in [0.2, 0.25) is 0 Å². The number of thioether (sulfide) groups is 1. The van der Waals surface area contributed by atoms with E-state index in [1.807, 2.05) is 6.20 Å². The van der Waals surface area contributed by atoms with Crippen LogP contribution in [0.15, 0.2) is 6.20 Å². The molecule has 14 heavy (non-hydrogen) atoms. The fourth-order valence-electron chi connectivity index (χ4n) is 1.35. The lowest BCUT2D eigenvalue weighted by Crippen LogP contribution is -2.10. The Labute approximate surface area is 89.9 Å². The summed E-state index contributed by atoms with van der Waals surface area (Å²) in [5.41, 5.74) is 6.87. The van der Waals surface area contributed by atoms with Crippen LogP contribution in [0.3, 0.4) is 0 Å². The molecule has 1 heterocycles. The molecule has 0 amide bonds. The fraction of sp³-hybridized carbons (Fsp3) is 0.700. The van der Waals surface area contributed by atoms with Crippen molar-refractivity contribution >= 4 is 11.8 Å². The monoisotopic (exact) mass is 213 g/mol. The molecule has 0 aromatic carbocycles. The van der Waals surface area contributed by atoms with Crippen molar-refractivity contribution < 1.29 is 0 Å². The number of rotatable bonds is 6. The lowest BCUT2D eigenvalue weighted by Gasteiger charge is -2.07. The van der Waals surface area contributed by atoms with Gasteiger partial charge in [-0.2, -0.15) is 11.8 Å². The van der Waals surface area contributed by atoms with E-state index in [1.165, 1.54) is 18.5 Å². The molecule has 0 bridgehead atoms. The average molecular weight is 213 g/mol. The third-order valence-corrected chi connectivity index (χ3v) is 3.24. The predicted molar refractivity (Wildman–Crippen MR) is 62.5 cm³/mol. The number of aromatic amines is 1. The van der Waals surface area contributed by atoms with Gasteiger partial charge >= 0.3 is 0 Å². The number of nitrogens with zero attached hydrogens (tertiary/aromatic N) is 1. The summed E-state index contributed by atoms with van der Waals surface area (Å²) in [6, 6.07) is 0. The third-order valence-electron chi connectivity index (χ3n) is 2.25. The van der Waals surface area contributed by atoms with E-state index in [4.69, 9.17) is 5.73 Å². The van der Waals surface area contributed by atoms with Gasteiger partial charge in [-0.25, -0.2) is 4.98 Å². The molecule has 80 valence electrons. The Balaban J connectivity index is 2.57. The van der Waals surface area contributed by atoms with Gasteiger partial charge in [0.05, 0.1) is 5.25 Å². The topological polar surface area (TPSA) is 54.7 Å². The zero-order valence-corrected chi connectivity index (χ0v) is 9.73. The summed E-state index contributed by atoms with van der Waals surface area (Å²) in [7, 11) is 0. The smallest absolute Gasteiger partial charge is 0.120 e. The minimum absolute atomic E-state index is 0.311. The molecule has 0 aliphatic carbocycles. The van der Waals surface area contributed by atoms with Crippen molar-refractivity contribution in [2.24, 2.45) is 5.73 Å². The SMILES string of the molecule is CCCCc1cnc(C(CN)SC)[nH]1. The number of imidazole rings is 1. The second kappa shape index (κ2) is 6.09. The molecule has 4 heteroatoms. The van der Waals surface area contributed by atoms with Crippen LogP contribution in [0.1, 0.15) is 36.5 Å². The highest BCUT2D eigenvalue weighted by Crippen LogP contribution is 2.22. The second-order valence-electron chi connectivity index (χ2n) is 3.36. The van der Waals surface area contributed by atoms with Gasteiger partial charge in [0.1, 0.15) is 5.82 Å². The third kappa shape index (κ3) is 3.03. The predicted octanol–water partition coefficient (Wildman–Crippen LogP) is 2.12. The van der Waals surface area contributed by atoms with Crippen LogP contribution in [0, 0.1) is 0 Å². The van der Waals surface area contributed by atoms with Gasteiger partial charge < -0.3 is 10.7 Å².